The number of morpholine rings is 1. The average molecular weight is 346 g/mol. The van der Waals surface area contributed by atoms with Gasteiger partial charge in [-0.2, -0.15) is 13.2 Å². The molecule has 0 aliphatic carbocycles. The second kappa shape index (κ2) is 8.25. The third kappa shape index (κ3) is 5.31. The van der Waals surface area contributed by atoms with Gasteiger partial charge >= 0.3 is 6.18 Å². The molecule has 1 aromatic rings. The van der Waals surface area contributed by atoms with Gasteiger partial charge in [0.15, 0.2) is 0 Å². The van der Waals surface area contributed by atoms with Crippen molar-refractivity contribution in [3.8, 4) is 0 Å². The van der Waals surface area contributed by atoms with E-state index in [0.717, 1.165) is 11.8 Å². The Bertz CT molecular complexity index is 566. The van der Waals surface area contributed by atoms with Crippen LogP contribution in [0.25, 0.3) is 0 Å². The van der Waals surface area contributed by atoms with Gasteiger partial charge in [0.25, 0.3) is 5.78 Å². The number of nitrogens with one attached hydrogen (secondary N) is 1. The van der Waals surface area contributed by atoms with E-state index in [1.807, 2.05) is 0 Å². The molecule has 132 valence electrons. The van der Waals surface area contributed by atoms with Crippen molar-refractivity contribution < 1.29 is 27.1 Å². The summed E-state index contributed by atoms with van der Waals surface area (Å²) in [6, 6.07) is 5.79. The van der Waals surface area contributed by atoms with Gasteiger partial charge in [0.05, 0.1) is 19.3 Å². The van der Waals surface area contributed by atoms with E-state index >= 15 is 0 Å². The van der Waals surface area contributed by atoms with Crippen LogP contribution in [0.1, 0.15) is 11.6 Å². The van der Waals surface area contributed by atoms with Crippen molar-refractivity contribution in [3.05, 3.63) is 47.9 Å². The van der Waals surface area contributed by atoms with E-state index in [0.29, 0.717) is 32.4 Å². The Morgan fingerprint density at radius 3 is 2.46 bits per heavy atom. The van der Waals surface area contributed by atoms with Crippen molar-refractivity contribution in [2.45, 2.75) is 12.2 Å². The molecule has 1 aliphatic heterocycles. The normalized spacial score (nSPS) is 17.8. The van der Waals surface area contributed by atoms with Crippen LogP contribution in [0.4, 0.5) is 17.6 Å². The number of halogens is 4. The van der Waals surface area contributed by atoms with Crippen molar-refractivity contribution in [2.75, 3.05) is 32.8 Å². The van der Waals surface area contributed by atoms with Crippen LogP contribution in [0.2, 0.25) is 0 Å². The number of rotatable bonds is 6. The molecule has 1 N–H and O–H groups in total. The number of carbonyl (C=O) groups is 1. The fraction of sp³-hybridized carbons (Fsp3) is 0.438. The molecule has 0 radical (unpaired) electrons. The SMILES string of the molecule is O=C(/C=C/NC[C@H](c1ccc(F)cc1)N1CCOCC1)C(F)(F)F. The van der Waals surface area contributed by atoms with Crippen molar-refractivity contribution in [1.82, 2.24) is 10.2 Å². The number of nitrogens with zero attached hydrogens (tertiary/aromatic N) is 1. The molecule has 1 atom stereocenters. The summed E-state index contributed by atoms with van der Waals surface area (Å²) in [4.78, 5) is 12.9. The Hall–Kier alpha value is -1.93. The molecule has 4 nitrogen and oxygen atoms in total. The zero-order valence-electron chi connectivity index (χ0n) is 12.9. The van der Waals surface area contributed by atoms with Gasteiger partial charge in [-0.05, 0) is 17.7 Å². The van der Waals surface area contributed by atoms with Gasteiger partial charge in [0, 0.05) is 31.9 Å². The summed E-state index contributed by atoms with van der Waals surface area (Å²) < 4.78 is 54.8. The smallest absolute Gasteiger partial charge is 0.389 e. The number of carbonyl (C=O) groups excluding carboxylic acids is 1. The number of alkyl halides is 3. The maximum absolute atomic E-state index is 13.1. The molecular weight excluding hydrogens is 328 g/mol. The quantitative estimate of drug-likeness (QED) is 0.635. The van der Waals surface area contributed by atoms with Crippen molar-refractivity contribution in [1.29, 1.82) is 0 Å². The molecule has 0 amide bonds. The van der Waals surface area contributed by atoms with Crippen molar-refractivity contribution >= 4 is 5.78 Å². The molecule has 1 saturated heterocycles. The number of ether oxygens (including phenoxy) is 1. The first-order valence-electron chi connectivity index (χ1n) is 7.46. The Labute approximate surface area is 137 Å². The minimum absolute atomic E-state index is 0.167. The Morgan fingerprint density at radius 2 is 1.88 bits per heavy atom. The maximum atomic E-state index is 13.1. The minimum Gasteiger partial charge on any atom is -0.389 e. The van der Waals surface area contributed by atoms with Gasteiger partial charge in [-0.1, -0.05) is 12.1 Å². The summed E-state index contributed by atoms with van der Waals surface area (Å²) in [5.41, 5.74) is 0.835. The first-order chi connectivity index (χ1) is 11.4. The molecule has 1 aliphatic rings. The van der Waals surface area contributed by atoms with E-state index in [2.05, 4.69) is 10.2 Å². The van der Waals surface area contributed by atoms with Crippen LogP contribution in [0, 0.1) is 5.82 Å². The molecule has 0 bridgehead atoms. The topological polar surface area (TPSA) is 41.6 Å². The Kier molecular flexibility index (Phi) is 6.33. The van der Waals surface area contributed by atoms with E-state index in [1.165, 1.54) is 12.1 Å². The number of ketones is 1. The van der Waals surface area contributed by atoms with Crippen LogP contribution in [0.5, 0.6) is 0 Å². The van der Waals surface area contributed by atoms with E-state index in [-0.39, 0.29) is 18.4 Å². The lowest BCUT2D eigenvalue weighted by Gasteiger charge is -2.34. The lowest BCUT2D eigenvalue weighted by Crippen LogP contribution is -2.42. The first kappa shape index (κ1) is 18.4. The number of hydrogen-bond donors (Lipinski definition) is 1. The highest BCUT2D eigenvalue weighted by Crippen LogP contribution is 2.22. The van der Waals surface area contributed by atoms with Gasteiger partial charge < -0.3 is 10.1 Å². The average Bonchev–Trinajstić information content (AvgIpc) is 2.56. The highest BCUT2D eigenvalue weighted by atomic mass is 19.4. The largest absolute Gasteiger partial charge is 0.454 e. The van der Waals surface area contributed by atoms with E-state index in [1.54, 1.807) is 12.1 Å². The molecular formula is C16H18F4N2O2. The molecule has 1 aromatic carbocycles. The lowest BCUT2D eigenvalue weighted by atomic mass is 10.0. The standard InChI is InChI=1S/C16H18F4N2O2/c17-13-3-1-12(2-4-13)14(22-7-9-24-10-8-22)11-21-6-5-15(23)16(18,19)20/h1-6,14,21H,7-11H2/b6-5+/t14-/m1/s1. The summed E-state index contributed by atoms with van der Waals surface area (Å²) in [6.07, 6.45) is -3.42. The van der Waals surface area contributed by atoms with Gasteiger partial charge in [0.1, 0.15) is 5.82 Å². The highest BCUT2D eigenvalue weighted by Gasteiger charge is 2.36. The summed E-state index contributed by atoms with van der Waals surface area (Å²) in [5, 5.41) is 2.72. The molecule has 8 heteroatoms. The van der Waals surface area contributed by atoms with Crippen LogP contribution >= 0.6 is 0 Å². The monoisotopic (exact) mass is 346 g/mol. The van der Waals surface area contributed by atoms with Crippen LogP contribution in [-0.4, -0.2) is 49.7 Å². The predicted octanol–water partition coefficient (Wildman–Crippen LogP) is 2.43. The first-order valence-corrected chi connectivity index (χ1v) is 7.46. The van der Waals surface area contributed by atoms with Crippen LogP contribution in [-0.2, 0) is 9.53 Å². The molecule has 2 rings (SSSR count). The fourth-order valence-corrected chi connectivity index (χ4v) is 2.44. The van der Waals surface area contributed by atoms with Gasteiger partial charge in [0.2, 0.25) is 0 Å². The third-order valence-electron chi connectivity index (χ3n) is 3.68. The fourth-order valence-electron chi connectivity index (χ4n) is 2.44. The van der Waals surface area contributed by atoms with Gasteiger partial charge in [-0.15, -0.1) is 0 Å². The molecule has 0 unspecified atom stereocenters. The molecule has 0 aromatic heterocycles. The Balaban J connectivity index is 2.02. The lowest BCUT2D eigenvalue weighted by molar-refractivity contribution is -0.165. The number of allylic oxidation sites excluding steroid dienone is 1. The van der Waals surface area contributed by atoms with Crippen molar-refractivity contribution in [2.24, 2.45) is 0 Å². The summed E-state index contributed by atoms with van der Waals surface area (Å²) in [6.45, 7) is 2.72. The van der Waals surface area contributed by atoms with Crippen LogP contribution < -0.4 is 5.32 Å². The van der Waals surface area contributed by atoms with E-state index < -0.39 is 12.0 Å². The summed E-state index contributed by atoms with van der Waals surface area (Å²) in [5.74, 6) is -2.28. The van der Waals surface area contributed by atoms with Crippen LogP contribution in [0.15, 0.2) is 36.5 Å². The van der Waals surface area contributed by atoms with Crippen molar-refractivity contribution in [3.63, 3.8) is 0 Å². The summed E-state index contributed by atoms with van der Waals surface area (Å²) in [7, 11) is 0. The second-order valence-electron chi connectivity index (χ2n) is 5.32. The Morgan fingerprint density at radius 1 is 1.25 bits per heavy atom. The zero-order chi connectivity index (χ0) is 17.6. The molecule has 1 fully saturated rings. The highest BCUT2D eigenvalue weighted by molar-refractivity contribution is 5.94. The van der Waals surface area contributed by atoms with Crippen LogP contribution in [0.3, 0.4) is 0 Å². The molecule has 0 saturated carbocycles. The predicted molar refractivity (Wildman–Crippen MR) is 79.7 cm³/mol. The molecule has 1 heterocycles. The van der Waals surface area contributed by atoms with Gasteiger partial charge in [-0.25, -0.2) is 4.39 Å². The minimum atomic E-state index is -4.88. The number of hydrogen-bond acceptors (Lipinski definition) is 4. The van der Waals surface area contributed by atoms with E-state index in [9.17, 15) is 22.4 Å². The molecule has 0 spiro atoms. The third-order valence-corrected chi connectivity index (χ3v) is 3.68. The van der Waals surface area contributed by atoms with Gasteiger partial charge in [-0.3, -0.25) is 9.69 Å². The second-order valence-corrected chi connectivity index (χ2v) is 5.32. The summed E-state index contributed by atoms with van der Waals surface area (Å²) >= 11 is 0. The van der Waals surface area contributed by atoms with E-state index in [4.69, 9.17) is 4.74 Å². The molecule has 24 heavy (non-hydrogen) atoms. The maximum Gasteiger partial charge on any atom is 0.454 e. The zero-order valence-corrected chi connectivity index (χ0v) is 12.9. The number of benzene rings is 1.